The van der Waals surface area contributed by atoms with E-state index in [-0.39, 0.29) is 18.4 Å². The summed E-state index contributed by atoms with van der Waals surface area (Å²) >= 11 is 0. The molecular formula is C22H22N6O2. The molecule has 8 heteroatoms. The Morgan fingerprint density at radius 1 is 1.17 bits per heavy atom. The molecule has 0 radical (unpaired) electrons. The van der Waals surface area contributed by atoms with E-state index < -0.39 is 0 Å². The molecule has 1 N–H and O–H groups in total. The maximum absolute atomic E-state index is 12.4. The number of carbonyl (C=O) groups excluding carboxylic acids is 1. The molecule has 0 fully saturated rings. The van der Waals surface area contributed by atoms with E-state index in [4.69, 9.17) is 4.52 Å². The van der Waals surface area contributed by atoms with Crippen molar-refractivity contribution in [2.24, 2.45) is 0 Å². The van der Waals surface area contributed by atoms with Crippen LogP contribution in [0.4, 0.5) is 0 Å². The van der Waals surface area contributed by atoms with Crippen molar-refractivity contribution >= 4 is 5.91 Å². The molecule has 1 atom stereocenters. The van der Waals surface area contributed by atoms with Crippen LogP contribution in [0.5, 0.6) is 0 Å². The summed E-state index contributed by atoms with van der Waals surface area (Å²) in [5.41, 5.74) is 2.76. The molecule has 1 aromatic carbocycles. The zero-order valence-corrected chi connectivity index (χ0v) is 16.8. The normalized spacial score (nSPS) is 11.9. The average molecular weight is 402 g/mol. The van der Waals surface area contributed by atoms with E-state index >= 15 is 0 Å². The number of nitrogens with zero attached hydrogens (tertiary/aromatic N) is 5. The first-order valence-electron chi connectivity index (χ1n) is 9.75. The first-order chi connectivity index (χ1) is 14.6. The molecule has 0 bridgehead atoms. The predicted octanol–water partition coefficient (Wildman–Crippen LogP) is 3.44. The van der Waals surface area contributed by atoms with E-state index in [1.54, 1.807) is 17.1 Å². The van der Waals surface area contributed by atoms with E-state index in [0.29, 0.717) is 18.1 Å². The number of amides is 1. The molecule has 1 amide bonds. The van der Waals surface area contributed by atoms with Crippen LogP contribution in [-0.2, 0) is 11.2 Å². The summed E-state index contributed by atoms with van der Waals surface area (Å²) in [6.45, 7) is 3.90. The summed E-state index contributed by atoms with van der Waals surface area (Å²) in [4.78, 5) is 21.1. The van der Waals surface area contributed by atoms with Crippen LogP contribution in [0.2, 0.25) is 0 Å². The Hall–Kier alpha value is -3.81. The van der Waals surface area contributed by atoms with Crippen LogP contribution in [0.25, 0.3) is 17.2 Å². The highest BCUT2D eigenvalue weighted by Gasteiger charge is 2.17. The molecule has 0 saturated heterocycles. The maximum atomic E-state index is 12.4. The van der Waals surface area contributed by atoms with Gasteiger partial charge in [-0.1, -0.05) is 41.6 Å². The molecule has 0 aliphatic rings. The third-order valence-electron chi connectivity index (χ3n) is 4.82. The smallest absolute Gasteiger partial charge is 0.227 e. The van der Waals surface area contributed by atoms with Crippen LogP contribution in [-0.4, -0.2) is 30.8 Å². The minimum absolute atomic E-state index is 0.0908. The molecule has 4 aromatic rings. The number of pyridine rings is 1. The van der Waals surface area contributed by atoms with Gasteiger partial charge in [-0.3, -0.25) is 4.79 Å². The van der Waals surface area contributed by atoms with Crippen LogP contribution < -0.4 is 5.32 Å². The van der Waals surface area contributed by atoms with Gasteiger partial charge in [0.15, 0.2) is 5.82 Å². The number of rotatable bonds is 7. The van der Waals surface area contributed by atoms with Gasteiger partial charge in [-0.2, -0.15) is 10.1 Å². The summed E-state index contributed by atoms with van der Waals surface area (Å²) in [6.07, 6.45) is 4.12. The summed E-state index contributed by atoms with van der Waals surface area (Å²) in [6, 6.07) is 15.1. The third-order valence-corrected chi connectivity index (χ3v) is 4.82. The molecule has 1 unspecified atom stereocenters. The fourth-order valence-corrected chi connectivity index (χ4v) is 3.23. The van der Waals surface area contributed by atoms with Crippen molar-refractivity contribution in [2.45, 2.75) is 32.7 Å². The van der Waals surface area contributed by atoms with Gasteiger partial charge in [-0.05, 0) is 26.0 Å². The van der Waals surface area contributed by atoms with Crippen LogP contribution in [0.1, 0.15) is 36.5 Å². The van der Waals surface area contributed by atoms with Crippen molar-refractivity contribution in [3.8, 4) is 17.2 Å². The topological polar surface area (TPSA) is 98.7 Å². The average Bonchev–Trinajstić information content (AvgIpc) is 3.40. The SMILES string of the molecule is Cc1c(C(C)NC(=O)CCc2nc(-c3ccccc3)no2)cnn1-c1ccccn1. The van der Waals surface area contributed by atoms with Crippen LogP contribution in [0.3, 0.4) is 0 Å². The predicted molar refractivity (Wildman–Crippen MR) is 111 cm³/mol. The van der Waals surface area contributed by atoms with Crippen LogP contribution in [0, 0.1) is 6.92 Å². The molecule has 152 valence electrons. The highest BCUT2D eigenvalue weighted by Crippen LogP contribution is 2.20. The van der Waals surface area contributed by atoms with Crippen molar-refractivity contribution in [3.63, 3.8) is 0 Å². The highest BCUT2D eigenvalue weighted by atomic mass is 16.5. The number of aryl methyl sites for hydroxylation is 1. The van der Waals surface area contributed by atoms with Gasteiger partial charge in [0, 0.05) is 35.9 Å². The number of hydrogen-bond acceptors (Lipinski definition) is 6. The van der Waals surface area contributed by atoms with Crippen molar-refractivity contribution in [3.05, 3.63) is 78.1 Å². The molecule has 0 aliphatic heterocycles. The second-order valence-electron chi connectivity index (χ2n) is 6.95. The molecule has 0 saturated carbocycles. The van der Waals surface area contributed by atoms with Crippen molar-refractivity contribution in [1.29, 1.82) is 0 Å². The minimum atomic E-state index is -0.183. The molecule has 3 aromatic heterocycles. The van der Waals surface area contributed by atoms with Crippen LogP contribution in [0.15, 0.2) is 65.4 Å². The molecule has 4 rings (SSSR count). The summed E-state index contributed by atoms with van der Waals surface area (Å²) in [5, 5.41) is 11.4. The lowest BCUT2D eigenvalue weighted by Gasteiger charge is -2.13. The molecule has 8 nitrogen and oxygen atoms in total. The van der Waals surface area contributed by atoms with E-state index in [1.807, 2.05) is 62.4 Å². The second-order valence-corrected chi connectivity index (χ2v) is 6.95. The summed E-state index contributed by atoms with van der Waals surface area (Å²) < 4.78 is 7.03. The lowest BCUT2D eigenvalue weighted by molar-refractivity contribution is -0.121. The molecule has 0 aliphatic carbocycles. The van der Waals surface area contributed by atoms with Gasteiger partial charge < -0.3 is 9.84 Å². The fraction of sp³-hybridized carbons (Fsp3) is 0.227. The van der Waals surface area contributed by atoms with Gasteiger partial charge in [0.25, 0.3) is 0 Å². The zero-order valence-electron chi connectivity index (χ0n) is 16.8. The summed E-state index contributed by atoms with van der Waals surface area (Å²) in [7, 11) is 0. The van der Waals surface area contributed by atoms with Crippen molar-refractivity contribution < 1.29 is 9.32 Å². The Labute approximate surface area is 174 Å². The van der Waals surface area contributed by atoms with Gasteiger partial charge in [0.2, 0.25) is 17.6 Å². The minimum Gasteiger partial charge on any atom is -0.349 e. The Kier molecular flexibility index (Phi) is 5.65. The highest BCUT2D eigenvalue weighted by molar-refractivity contribution is 5.76. The van der Waals surface area contributed by atoms with Gasteiger partial charge in [0.1, 0.15) is 0 Å². The lowest BCUT2D eigenvalue weighted by atomic mass is 10.1. The van der Waals surface area contributed by atoms with E-state index in [9.17, 15) is 4.79 Å². The number of aromatic nitrogens is 5. The van der Waals surface area contributed by atoms with Crippen molar-refractivity contribution in [2.75, 3.05) is 0 Å². The quantitative estimate of drug-likeness (QED) is 0.508. The molecule has 3 heterocycles. The first kappa shape index (κ1) is 19.5. The number of nitrogens with one attached hydrogen (secondary N) is 1. The number of benzene rings is 1. The second kappa shape index (κ2) is 8.69. The van der Waals surface area contributed by atoms with Gasteiger partial charge >= 0.3 is 0 Å². The van der Waals surface area contributed by atoms with E-state index in [1.165, 1.54) is 0 Å². The fourth-order valence-electron chi connectivity index (χ4n) is 3.23. The third kappa shape index (κ3) is 4.27. The largest absolute Gasteiger partial charge is 0.349 e. The molecular weight excluding hydrogens is 380 g/mol. The molecule has 0 spiro atoms. The standard InChI is InChI=1S/C22H22N6O2/c1-15(18-14-24-28(16(18)2)19-10-6-7-13-23-19)25-20(29)11-12-21-26-22(27-30-21)17-8-4-3-5-9-17/h3-10,13-15H,11-12H2,1-2H3,(H,25,29). The molecule has 30 heavy (non-hydrogen) atoms. The van der Waals surface area contributed by atoms with Gasteiger partial charge in [0.05, 0.1) is 12.2 Å². The Morgan fingerprint density at radius 3 is 2.73 bits per heavy atom. The Morgan fingerprint density at radius 2 is 1.97 bits per heavy atom. The van der Waals surface area contributed by atoms with Crippen molar-refractivity contribution in [1.82, 2.24) is 30.2 Å². The maximum Gasteiger partial charge on any atom is 0.227 e. The lowest BCUT2D eigenvalue weighted by Crippen LogP contribution is -2.27. The van der Waals surface area contributed by atoms with Gasteiger partial charge in [-0.25, -0.2) is 9.67 Å². The Bertz CT molecular complexity index is 1120. The first-order valence-corrected chi connectivity index (χ1v) is 9.75. The summed E-state index contributed by atoms with van der Waals surface area (Å²) in [5.74, 6) is 1.62. The van der Waals surface area contributed by atoms with E-state index in [0.717, 1.165) is 22.6 Å². The number of carbonyl (C=O) groups is 1. The Balaban J connectivity index is 1.35. The monoisotopic (exact) mass is 402 g/mol. The van der Waals surface area contributed by atoms with Crippen LogP contribution >= 0.6 is 0 Å². The number of hydrogen-bond donors (Lipinski definition) is 1. The van der Waals surface area contributed by atoms with E-state index in [2.05, 4.69) is 25.5 Å². The van der Waals surface area contributed by atoms with Gasteiger partial charge in [-0.15, -0.1) is 0 Å². The zero-order chi connectivity index (χ0) is 20.9.